The van der Waals surface area contributed by atoms with Crippen LogP contribution in [0.1, 0.15) is 5.56 Å². The van der Waals surface area contributed by atoms with E-state index in [1.807, 2.05) is 19.1 Å². The molecule has 0 saturated heterocycles. The molecule has 9 heteroatoms. The minimum Gasteiger partial charge on any atom is -0.493 e. The van der Waals surface area contributed by atoms with E-state index in [1.165, 1.54) is 0 Å². The molecule has 0 fully saturated rings. The molecule has 0 aliphatic heterocycles. The maximum atomic E-state index is 11.9. The molecule has 1 heterocycles. The maximum absolute atomic E-state index is 11.9. The van der Waals surface area contributed by atoms with Crippen LogP contribution >= 0.6 is 15.9 Å². The topological polar surface area (TPSA) is 116 Å². The third-order valence-corrected chi connectivity index (χ3v) is 4.30. The first-order chi connectivity index (χ1) is 13.4. The second-order valence-corrected chi connectivity index (χ2v) is 6.90. The summed E-state index contributed by atoms with van der Waals surface area (Å²) in [5.41, 5.74) is 1.89. The fourth-order valence-corrected chi connectivity index (χ4v) is 2.75. The fourth-order valence-electron chi connectivity index (χ4n) is 2.39. The molecule has 3 aromatic rings. The van der Waals surface area contributed by atoms with Crippen molar-refractivity contribution in [2.75, 3.05) is 13.2 Å². The summed E-state index contributed by atoms with van der Waals surface area (Å²) in [6.07, 6.45) is 0. The number of aryl methyl sites for hydroxylation is 1. The highest BCUT2D eigenvalue weighted by molar-refractivity contribution is 9.10. The summed E-state index contributed by atoms with van der Waals surface area (Å²) < 4.78 is 6.12. The molecule has 0 spiro atoms. The molecule has 0 atom stereocenters. The number of aromatic nitrogens is 1. The minimum absolute atomic E-state index is 0.152. The molecule has 0 bridgehead atoms. The Labute approximate surface area is 168 Å². The van der Waals surface area contributed by atoms with E-state index in [0.29, 0.717) is 16.7 Å². The Morgan fingerprint density at radius 1 is 1.21 bits per heavy atom. The van der Waals surface area contributed by atoms with Gasteiger partial charge < -0.3 is 20.1 Å². The van der Waals surface area contributed by atoms with Gasteiger partial charge in [-0.1, -0.05) is 33.6 Å². The average Bonchev–Trinajstić information content (AvgIpc) is 2.98. The number of nitrogens with one attached hydrogen (secondary N) is 2. The van der Waals surface area contributed by atoms with Crippen molar-refractivity contribution in [1.82, 2.24) is 10.3 Å². The Kier molecular flexibility index (Phi) is 6.05. The third kappa shape index (κ3) is 4.95. The van der Waals surface area contributed by atoms with Gasteiger partial charge in [0.15, 0.2) is 12.3 Å². The van der Waals surface area contributed by atoms with Crippen molar-refractivity contribution >= 4 is 44.3 Å². The number of aromatic amines is 1. The molecule has 0 aliphatic carbocycles. The van der Waals surface area contributed by atoms with Crippen LogP contribution in [0.3, 0.4) is 0 Å². The van der Waals surface area contributed by atoms with E-state index in [1.54, 1.807) is 30.3 Å². The van der Waals surface area contributed by atoms with Crippen molar-refractivity contribution in [2.24, 2.45) is 10.2 Å². The van der Waals surface area contributed by atoms with Gasteiger partial charge in [-0.05, 0) is 37.3 Å². The Hall–Kier alpha value is -3.20. The van der Waals surface area contributed by atoms with Crippen LogP contribution < -0.4 is 10.1 Å². The molecule has 0 unspecified atom stereocenters. The number of azo groups is 1. The van der Waals surface area contributed by atoms with Crippen molar-refractivity contribution in [1.29, 1.82) is 0 Å². The number of aromatic hydroxyl groups is 1. The van der Waals surface area contributed by atoms with Gasteiger partial charge in [0.25, 0.3) is 11.8 Å². The van der Waals surface area contributed by atoms with Gasteiger partial charge >= 0.3 is 0 Å². The van der Waals surface area contributed by atoms with Gasteiger partial charge in [0.1, 0.15) is 12.3 Å². The second kappa shape index (κ2) is 8.66. The zero-order valence-electron chi connectivity index (χ0n) is 14.9. The van der Waals surface area contributed by atoms with Crippen LogP contribution in [0.5, 0.6) is 11.6 Å². The first kappa shape index (κ1) is 19.6. The van der Waals surface area contributed by atoms with E-state index >= 15 is 0 Å². The lowest BCUT2D eigenvalue weighted by Gasteiger charge is -2.06. The van der Waals surface area contributed by atoms with Crippen LogP contribution in [0.2, 0.25) is 0 Å². The molecule has 2 amide bonds. The average molecular weight is 445 g/mol. The number of halogens is 1. The summed E-state index contributed by atoms with van der Waals surface area (Å²) >= 11 is 3.34. The minimum atomic E-state index is -0.660. The van der Waals surface area contributed by atoms with Crippen molar-refractivity contribution < 1.29 is 19.4 Å². The molecule has 2 aromatic carbocycles. The number of benzene rings is 2. The van der Waals surface area contributed by atoms with Crippen molar-refractivity contribution in [2.45, 2.75) is 6.92 Å². The highest BCUT2D eigenvalue weighted by atomic mass is 79.9. The Balaban J connectivity index is 1.53. The lowest BCUT2D eigenvalue weighted by atomic mass is 10.2. The van der Waals surface area contributed by atoms with E-state index in [2.05, 4.69) is 36.5 Å². The SMILES string of the molecule is Cc1ccc(OCC(=O)NCC(=O)N=Nc2c(O)[nH]c3ccc(Br)cc23)cc1. The monoisotopic (exact) mass is 444 g/mol. The fraction of sp³-hybridized carbons (Fsp3) is 0.158. The largest absolute Gasteiger partial charge is 0.493 e. The van der Waals surface area contributed by atoms with Gasteiger partial charge in [-0.3, -0.25) is 9.59 Å². The predicted molar refractivity (Wildman–Crippen MR) is 107 cm³/mol. The highest BCUT2D eigenvalue weighted by Crippen LogP contribution is 2.36. The number of H-pyrrole nitrogens is 1. The second-order valence-electron chi connectivity index (χ2n) is 5.98. The van der Waals surface area contributed by atoms with Crippen LogP contribution in [0, 0.1) is 6.92 Å². The quantitative estimate of drug-likeness (QED) is 0.501. The number of fused-ring (bicyclic) bond motifs is 1. The van der Waals surface area contributed by atoms with Crippen LogP contribution in [0.4, 0.5) is 5.69 Å². The third-order valence-electron chi connectivity index (χ3n) is 3.80. The Morgan fingerprint density at radius 2 is 1.96 bits per heavy atom. The summed E-state index contributed by atoms with van der Waals surface area (Å²) in [5, 5.41) is 20.3. The summed E-state index contributed by atoms with van der Waals surface area (Å²) in [4.78, 5) is 26.4. The number of carbonyl (C=O) groups excluding carboxylic acids is 2. The summed E-state index contributed by atoms with van der Waals surface area (Å²) in [7, 11) is 0. The van der Waals surface area contributed by atoms with Gasteiger partial charge in [0.05, 0.1) is 5.52 Å². The number of nitrogens with zero attached hydrogens (tertiary/aromatic N) is 2. The highest BCUT2D eigenvalue weighted by Gasteiger charge is 2.12. The number of amides is 2. The van der Waals surface area contributed by atoms with E-state index in [4.69, 9.17) is 4.74 Å². The van der Waals surface area contributed by atoms with Gasteiger partial charge in [-0.15, -0.1) is 10.2 Å². The van der Waals surface area contributed by atoms with Crippen LogP contribution in [0.25, 0.3) is 10.9 Å². The van der Waals surface area contributed by atoms with E-state index in [-0.39, 0.29) is 24.7 Å². The molecule has 8 nitrogen and oxygen atoms in total. The molecule has 28 heavy (non-hydrogen) atoms. The van der Waals surface area contributed by atoms with Gasteiger partial charge in [-0.25, -0.2) is 0 Å². The smallest absolute Gasteiger partial charge is 0.283 e. The van der Waals surface area contributed by atoms with Gasteiger partial charge in [0, 0.05) is 9.86 Å². The molecule has 144 valence electrons. The normalized spacial score (nSPS) is 11.1. The molecule has 0 radical (unpaired) electrons. The van der Waals surface area contributed by atoms with Gasteiger partial charge in [-0.2, -0.15) is 0 Å². The zero-order chi connectivity index (χ0) is 20.1. The first-order valence-corrected chi connectivity index (χ1v) is 9.12. The van der Waals surface area contributed by atoms with E-state index in [9.17, 15) is 14.7 Å². The molecule has 0 saturated carbocycles. The number of carbonyl (C=O) groups is 2. The molecule has 1 aromatic heterocycles. The molecule has 3 rings (SSSR count). The van der Waals surface area contributed by atoms with Crippen molar-refractivity contribution in [3.8, 4) is 11.6 Å². The van der Waals surface area contributed by atoms with E-state index in [0.717, 1.165) is 10.0 Å². The summed E-state index contributed by atoms with van der Waals surface area (Å²) in [5.74, 6) is -0.747. The molecular weight excluding hydrogens is 428 g/mol. The van der Waals surface area contributed by atoms with Crippen molar-refractivity contribution in [3.63, 3.8) is 0 Å². The number of rotatable bonds is 6. The predicted octanol–water partition coefficient (Wildman–Crippen LogP) is 3.75. The number of hydrogen-bond acceptors (Lipinski definition) is 5. The molecule has 0 aliphatic rings. The number of hydrogen-bond donors (Lipinski definition) is 3. The summed E-state index contributed by atoms with van der Waals surface area (Å²) in [6.45, 7) is 1.41. The van der Waals surface area contributed by atoms with Crippen LogP contribution in [0.15, 0.2) is 57.2 Å². The van der Waals surface area contributed by atoms with E-state index < -0.39 is 11.8 Å². The summed E-state index contributed by atoms with van der Waals surface area (Å²) in [6, 6.07) is 12.6. The Bertz CT molecular complexity index is 1040. The number of ether oxygens (including phenoxy) is 1. The lowest BCUT2D eigenvalue weighted by Crippen LogP contribution is -2.32. The molecule has 3 N–H and O–H groups in total. The van der Waals surface area contributed by atoms with Crippen molar-refractivity contribution in [3.05, 3.63) is 52.5 Å². The zero-order valence-corrected chi connectivity index (χ0v) is 16.5. The first-order valence-electron chi connectivity index (χ1n) is 8.33. The standard InChI is InChI=1S/C19H17BrN4O4/c1-11-2-5-13(6-3-11)28-10-17(26)21-9-16(25)23-24-18-14-8-12(20)4-7-15(14)22-19(18)27/h2-8,22,27H,9-10H2,1H3,(H,21,26). The lowest BCUT2D eigenvalue weighted by molar-refractivity contribution is -0.126. The maximum Gasteiger partial charge on any atom is 0.283 e. The Morgan fingerprint density at radius 3 is 2.71 bits per heavy atom. The van der Waals surface area contributed by atoms with Gasteiger partial charge in [0.2, 0.25) is 5.88 Å². The van der Waals surface area contributed by atoms with Crippen LogP contribution in [-0.4, -0.2) is 35.1 Å². The van der Waals surface area contributed by atoms with Crippen LogP contribution in [-0.2, 0) is 9.59 Å². The molecular formula is C19H17BrN4O4.